The maximum absolute atomic E-state index is 13.5. The molecule has 33 heavy (non-hydrogen) atoms. The summed E-state index contributed by atoms with van der Waals surface area (Å²) in [7, 11) is 0. The fourth-order valence-electron chi connectivity index (χ4n) is 4.21. The second-order valence-corrected chi connectivity index (χ2v) is 7.83. The van der Waals surface area contributed by atoms with Crippen LogP contribution < -0.4 is 5.32 Å². The molecule has 0 bridgehead atoms. The predicted molar refractivity (Wildman–Crippen MR) is 114 cm³/mol. The molecule has 1 aliphatic carbocycles. The van der Waals surface area contributed by atoms with Gasteiger partial charge in [0.1, 0.15) is 12.6 Å². The SMILES string of the molecule is O=C(NCC#CC(=O)N1CC(F)(F)CC1C(=O)O)OCC1c2ccccc2-c2ccccc21. The molecule has 7 nitrogen and oxygen atoms in total. The van der Waals surface area contributed by atoms with Gasteiger partial charge in [-0.25, -0.2) is 18.4 Å². The van der Waals surface area contributed by atoms with E-state index in [4.69, 9.17) is 9.84 Å². The molecule has 1 atom stereocenters. The number of rotatable bonds is 4. The molecule has 4 rings (SSSR count). The van der Waals surface area contributed by atoms with Crippen LogP contribution in [0.15, 0.2) is 48.5 Å². The molecule has 2 aromatic carbocycles. The lowest BCUT2D eigenvalue weighted by molar-refractivity contribution is -0.146. The molecule has 0 spiro atoms. The maximum atomic E-state index is 13.5. The molecular formula is C24H20F2N2O5. The zero-order valence-corrected chi connectivity index (χ0v) is 17.4. The van der Waals surface area contributed by atoms with Crippen LogP contribution in [0, 0.1) is 11.8 Å². The van der Waals surface area contributed by atoms with Gasteiger partial charge in [0.15, 0.2) is 0 Å². The number of nitrogens with one attached hydrogen (secondary N) is 1. The van der Waals surface area contributed by atoms with E-state index in [1.165, 1.54) is 0 Å². The number of amides is 2. The van der Waals surface area contributed by atoms with Crippen LogP contribution in [0.5, 0.6) is 0 Å². The summed E-state index contributed by atoms with van der Waals surface area (Å²) in [4.78, 5) is 35.8. The van der Waals surface area contributed by atoms with Crippen molar-refractivity contribution in [2.75, 3.05) is 19.7 Å². The first-order valence-corrected chi connectivity index (χ1v) is 10.3. The van der Waals surface area contributed by atoms with Crippen molar-refractivity contribution in [3.8, 4) is 23.0 Å². The number of likely N-dealkylation sites (tertiary alicyclic amines) is 1. The Bertz CT molecular complexity index is 1130. The first-order chi connectivity index (χ1) is 15.8. The molecule has 2 aliphatic rings. The number of carbonyl (C=O) groups excluding carboxylic acids is 2. The number of aliphatic carboxylic acids is 1. The Balaban J connectivity index is 1.30. The molecular weight excluding hydrogens is 434 g/mol. The average molecular weight is 454 g/mol. The Morgan fingerprint density at radius 1 is 1.09 bits per heavy atom. The van der Waals surface area contributed by atoms with Gasteiger partial charge < -0.3 is 20.1 Å². The largest absolute Gasteiger partial charge is 0.480 e. The minimum absolute atomic E-state index is 0.107. The van der Waals surface area contributed by atoms with E-state index in [1.54, 1.807) is 0 Å². The number of hydrogen-bond acceptors (Lipinski definition) is 4. The number of alkyl carbamates (subject to hydrolysis) is 1. The van der Waals surface area contributed by atoms with E-state index < -0.39 is 42.9 Å². The van der Waals surface area contributed by atoms with Gasteiger partial charge in [-0.2, -0.15) is 0 Å². The predicted octanol–water partition coefficient (Wildman–Crippen LogP) is 2.85. The van der Waals surface area contributed by atoms with Crippen molar-refractivity contribution >= 4 is 18.0 Å². The van der Waals surface area contributed by atoms with Gasteiger partial charge in [-0.3, -0.25) is 4.79 Å². The van der Waals surface area contributed by atoms with Crippen molar-refractivity contribution in [3.63, 3.8) is 0 Å². The lowest BCUT2D eigenvalue weighted by Crippen LogP contribution is -2.40. The van der Waals surface area contributed by atoms with Crippen molar-refractivity contribution in [1.82, 2.24) is 10.2 Å². The highest BCUT2D eigenvalue weighted by Crippen LogP contribution is 2.44. The van der Waals surface area contributed by atoms with Gasteiger partial charge in [0.25, 0.3) is 11.8 Å². The lowest BCUT2D eigenvalue weighted by Gasteiger charge is -2.17. The molecule has 0 radical (unpaired) electrons. The molecule has 170 valence electrons. The number of carboxylic acid groups (broad SMARTS) is 1. The lowest BCUT2D eigenvalue weighted by atomic mass is 9.98. The molecule has 1 fully saturated rings. The molecule has 2 amide bonds. The quantitative estimate of drug-likeness (QED) is 0.693. The average Bonchev–Trinajstić information content (AvgIpc) is 3.29. The summed E-state index contributed by atoms with van der Waals surface area (Å²) in [5.41, 5.74) is 4.32. The van der Waals surface area contributed by atoms with E-state index >= 15 is 0 Å². The Kier molecular flexibility index (Phi) is 6.01. The number of nitrogens with zero attached hydrogens (tertiary/aromatic N) is 1. The number of alkyl halides is 2. The van der Waals surface area contributed by atoms with E-state index in [9.17, 15) is 23.2 Å². The fourth-order valence-corrected chi connectivity index (χ4v) is 4.21. The number of fused-ring (bicyclic) bond motifs is 3. The van der Waals surface area contributed by atoms with Crippen molar-refractivity contribution in [3.05, 3.63) is 59.7 Å². The normalized spacial score (nSPS) is 18.0. The van der Waals surface area contributed by atoms with Gasteiger partial charge in [0, 0.05) is 12.3 Å². The Labute approximate surface area is 188 Å². The third-order valence-corrected chi connectivity index (χ3v) is 5.68. The number of hydrogen-bond donors (Lipinski definition) is 2. The summed E-state index contributed by atoms with van der Waals surface area (Å²) in [6.07, 6.45) is -1.69. The number of ether oxygens (including phenoxy) is 1. The number of carbonyl (C=O) groups is 3. The van der Waals surface area contributed by atoms with Crippen LogP contribution in [0.1, 0.15) is 23.5 Å². The van der Waals surface area contributed by atoms with Crippen LogP contribution in [0.3, 0.4) is 0 Å². The van der Waals surface area contributed by atoms with E-state index in [0.717, 1.165) is 22.3 Å². The summed E-state index contributed by atoms with van der Waals surface area (Å²) in [5.74, 6) is -1.49. The molecule has 1 unspecified atom stereocenters. The number of carboxylic acids is 1. The second-order valence-electron chi connectivity index (χ2n) is 7.83. The maximum Gasteiger partial charge on any atom is 0.407 e. The zero-order valence-electron chi connectivity index (χ0n) is 17.4. The van der Waals surface area contributed by atoms with Crippen molar-refractivity contribution in [2.24, 2.45) is 0 Å². The molecule has 2 N–H and O–H groups in total. The monoisotopic (exact) mass is 454 g/mol. The molecule has 1 heterocycles. The van der Waals surface area contributed by atoms with Gasteiger partial charge in [-0.15, -0.1) is 0 Å². The minimum atomic E-state index is -3.28. The minimum Gasteiger partial charge on any atom is -0.480 e. The van der Waals surface area contributed by atoms with E-state index in [1.807, 2.05) is 48.5 Å². The van der Waals surface area contributed by atoms with Gasteiger partial charge in [0.05, 0.1) is 13.1 Å². The van der Waals surface area contributed by atoms with Crippen LogP contribution in [0.25, 0.3) is 11.1 Å². The molecule has 1 aliphatic heterocycles. The first kappa shape index (κ1) is 22.3. The van der Waals surface area contributed by atoms with Crippen LogP contribution in [-0.4, -0.2) is 59.6 Å². The summed E-state index contributed by atoms with van der Waals surface area (Å²) < 4.78 is 32.3. The second kappa shape index (κ2) is 8.90. The van der Waals surface area contributed by atoms with E-state index in [0.29, 0.717) is 4.90 Å². The standard InChI is InChI=1S/C24H20F2N2O5/c25-24(26)12-20(22(30)31)28(14-24)21(29)10-5-11-27-23(32)33-13-19-17-8-3-1-6-15(17)16-7-2-4-9-18(16)19/h1-4,6-9,19-20H,11-14H2,(H,27,32)(H,30,31). The van der Waals surface area contributed by atoms with E-state index in [-0.39, 0.29) is 19.1 Å². The smallest absolute Gasteiger partial charge is 0.407 e. The molecule has 0 aromatic heterocycles. The van der Waals surface area contributed by atoms with Crippen LogP contribution in [-0.2, 0) is 14.3 Å². The molecule has 9 heteroatoms. The molecule has 1 saturated heterocycles. The Morgan fingerprint density at radius 3 is 2.30 bits per heavy atom. The summed E-state index contributed by atoms with van der Waals surface area (Å²) in [5, 5.41) is 11.4. The highest BCUT2D eigenvalue weighted by atomic mass is 19.3. The highest BCUT2D eigenvalue weighted by Gasteiger charge is 2.49. The van der Waals surface area contributed by atoms with Crippen molar-refractivity contribution < 1.29 is 33.0 Å². The molecule has 2 aromatic rings. The first-order valence-electron chi connectivity index (χ1n) is 10.3. The van der Waals surface area contributed by atoms with Gasteiger partial charge >= 0.3 is 12.1 Å². The molecule has 0 saturated carbocycles. The van der Waals surface area contributed by atoms with Crippen molar-refractivity contribution in [1.29, 1.82) is 0 Å². The van der Waals surface area contributed by atoms with Crippen LogP contribution in [0.2, 0.25) is 0 Å². The summed E-state index contributed by atoms with van der Waals surface area (Å²) >= 11 is 0. The zero-order chi connectivity index (χ0) is 23.6. The number of halogens is 2. The fraction of sp³-hybridized carbons (Fsp3) is 0.292. The van der Waals surface area contributed by atoms with Gasteiger partial charge in [-0.1, -0.05) is 54.5 Å². The summed E-state index contributed by atoms with van der Waals surface area (Å²) in [6.45, 7) is -1.16. The third-order valence-electron chi connectivity index (χ3n) is 5.68. The van der Waals surface area contributed by atoms with Gasteiger partial charge in [0.2, 0.25) is 0 Å². The van der Waals surface area contributed by atoms with E-state index in [2.05, 4.69) is 17.2 Å². The Hall–Kier alpha value is -3.93. The Morgan fingerprint density at radius 2 is 1.70 bits per heavy atom. The van der Waals surface area contributed by atoms with Crippen LogP contribution in [0.4, 0.5) is 13.6 Å². The van der Waals surface area contributed by atoms with Crippen molar-refractivity contribution in [2.45, 2.75) is 24.3 Å². The van der Waals surface area contributed by atoms with Gasteiger partial charge in [-0.05, 0) is 28.2 Å². The number of benzene rings is 2. The van der Waals surface area contributed by atoms with Crippen LogP contribution >= 0.6 is 0 Å². The highest BCUT2D eigenvalue weighted by molar-refractivity contribution is 5.96. The third kappa shape index (κ3) is 4.65. The summed E-state index contributed by atoms with van der Waals surface area (Å²) in [6, 6.07) is 14.1. The topological polar surface area (TPSA) is 95.9 Å².